The molecule has 5 nitrogen and oxygen atoms in total. The van der Waals surface area contributed by atoms with Gasteiger partial charge >= 0.3 is 0 Å². The molecule has 0 unspecified atom stereocenters. The summed E-state index contributed by atoms with van der Waals surface area (Å²) in [6, 6.07) is 10.6. The number of halogens is 1. The SMILES string of the molecule is CCOc1cc2c(cc1N[C@@H](C)C(=O)Nc1ccccc1Cl)O[C@@H](C)C2. The summed E-state index contributed by atoms with van der Waals surface area (Å²) in [5.41, 5.74) is 2.45. The number of anilines is 2. The standard InChI is InChI=1S/C20H23ClN2O3/c1-4-25-19-10-14-9-12(2)26-18(14)11-17(19)22-13(3)20(24)23-16-8-6-5-7-15(16)21/h5-8,10-13,22H,4,9H2,1-3H3,(H,23,24)/t12-,13-/m0/s1. The van der Waals surface area contributed by atoms with Crippen molar-refractivity contribution in [3.8, 4) is 11.5 Å². The highest BCUT2D eigenvalue weighted by molar-refractivity contribution is 6.33. The van der Waals surface area contributed by atoms with Crippen LogP contribution in [0.4, 0.5) is 11.4 Å². The molecule has 1 heterocycles. The molecule has 1 aliphatic heterocycles. The molecule has 2 aromatic carbocycles. The molecule has 3 rings (SSSR count). The van der Waals surface area contributed by atoms with Crippen LogP contribution in [0.3, 0.4) is 0 Å². The van der Waals surface area contributed by atoms with E-state index >= 15 is 0 Å². The second-order valence-electron chi connectivity index (χ2n) is 6.36. The molecule has 1 amide bonds. The van der Waals surface area contributed by atoms with Crippen LogP contribution >= 0.6 is 11.6 Å². The summed E-state index contributed by atoms with van der Waals surface area (Å²) in [5.74, 6) is 1.37. The predicted octanol–water partition coefficient (Wildman–Crippen LogP) is 4.50. The summed E-state index contributed by atoms with van der Waals surface area (Å²) in [4.78, 5) is 12.5. The van der Waals surface area contributed by atoms with E-state index in [2.05, 4.69) is 10.6 Å². The molecule has 0 saturated carbocycles. The van der Waals surface area contributed by atoms with Gasteiger partial charge in [0, 0.05) is 18.1 Å². The van der Waals surface area contributed by atoms with Crippen molar-refractivity contribution in [3.63, 3.8) is 0 Å². The van der Waals surface area contributed by atoms with Gasteiger partial charge in [0.1, 0.15) is 23.6 Å². The number of carbonyl (C=O) groups excluding carboxylic acids is 1. The largest absolute Gasteiger partial charge is 0.492 e. The van der Waals surface area contributed by atoms with Crippen molar-refractivity contribution in [2.45, 2.75) is 39.3 Å². The van der Waals surface area contributed by atoms with E-state index in [1.54, 1.807) is 19.1 Å². The molecule has 0 saturated heterocycles. The lowest BCUT2D eigenvalue weighted by atomic mass is 10.1. The lowest BCUT2D eigenvalue weighted by molar-refractivity contribution is -0.116. The molecular formula is C20H23ClN2O3. The van der Waals surface area contributed by atoms with E-state index in [1.807, 2.05) is 38.1 Å². The smallest absolute Gasteiger partial charge is 0.246 e. The highest BCUT2D eigenvalue weighted by Crippen LogP contribution is 2.38. The number of nitrogens with one attached hydrogen (secondary N) is 2. The Bertz CT molecular complexity index is 810. The molecule has 2 aromatic rings. The van der Waals surface area contributed by atoms with Gasteiger partial charge in [-0.05, 0) is 39.0 Å². The Labute approximate surface area is 158 Å². The van der Waals surface area contributed by atoms with E-state index < -0.39 is 6.04 Å². The molecule has 0 bridgehead atoms. The second kappa shape index (κ2) is 7.87. The Hall–Kier alpha value is -2.40. The van der Waals surface area contributed by atoms with Gasteiger partial charge in [-0.2, -0.15) is 0 Å². The molecule has 138 valence electrons. The molecule has 26 heavy (non-hydrogen) atoms. The quantitative estimate of drug-likeness (QED) is 0.781. The number of ether oxygens (including phenoxy) is 2. The van der Waals surface area contributed by atoms with E-state index in [0.29, 0.717) is 17.3 Å². The Kier molecular flexibility index (Phi) is 5.57. The van der Waals surface area contributed by atoms with Crippen LogP contribution in [0, 0.1) is 0 Å². The molecule has 0 aliphatic carbocycles. The van der Waals surface area contributed by atoms with Crippen molar-refractivity contribution >= 4 is 28.9 Å². The minimum absolute atomic E-state index is 0.149. The second-order valence-corrected chi connectivity index (χ2v) is 6.76. The van der Waals surface area contributed by atoms with E-state index in [1.165, 1.54) is 0 Å². The van der Waals surface area contributed by atoms with Gasteiger partial charge in [-0.1, -0.05) is 23.7 Å². The number of para-hydroxylation sites is 1. The van der Waals surface area contributed by atoms with Crippen molar-refractivity contribution < 1.29 is 14.3 Å². The first kappa shape index (κ1) is 18.4. The predicted molar refractivity (Wildman–Crippen MR) is 105 cm³/mol. The van der Waals surface area contributed by atoms with Gasteiger partial charge in [0.05, 0.1) is 23.0 Å². The van der Waals surface area contributed by atoms with Crippen molar-refractivity contribution in [1.29, 1.82) is 0 Å². The fraction of sp³-hybridized carbons (Fsp3) is 0.350. The van der Waals surface area contributed by atoms with Crippen LogP contribution in [0.15, 0.2) is 36.4 Å². The fourth-order valence-electron chi connectivity index (χ4n) is 2.93. The minimum Gasteiger partial charge on any atom is -0.492 e. The highest BCUT2D eigenvalue weighted by Gasteiger charge is 2.23. The maximum atomic E-state index is 12.5. The van der Waals surface area contributed by atoms with Gasteiger partial charge in [-0.25, -0.2) is 0 Å². The van der Waals surface area contributed by atoms with E-state index in [9.17, 15) is 4.79 Å². The van der Waals surface area contributed by atoms with E-state index in [4.69, 9.17) is 21.1 Å². The molecule has 0 radical (unpaired) electrons. The Morgan fingerprint density at radius 3 is 2.85 bits per heavy atom. The number of carbonyl (C=O) groups is 1. The van der Waals surface area contributed by atoms with Crippen LogP contribution in [0.1, 0.15) is 26.3 Å². The zero-order valence-corrected chi connectivity index (χ0v) is 15.9. The highest BCUT2D eigenvalue weighted by atomic mass is 35.5. The van der Waals surface area contributed by atoms with Crippen molar-refractivity contribution in [3.05, 3.63) is 47.0 Å². The number of amides is 1. The third-order valence-corrected chi connectivity index (χ3v) is 4.52. The summed E-state index contributed by atoms with van der Waals surface area (Å²) in [7, 11) is 0. The number of fused-ring (bicyclic) bond motifs is 1. The average molecular weight is 375 g/mol. The van der Waals surface area contributed by atoms with Gasteiger partial charge in [-0.3, -0.25) is 4.79 Å². The zero-order chi connectivity index (χ0) is 18.7. The maximum absolute atomic E-state index is 12.5. The van der Waals surface area contributed by atoms with Gasteiger partial charge in [0.25, 0.3) is 0 Å². The lowest BCUT2D eigenvalue weighted by Gasteiger charge is -2.19. The molecule has 1 aliphatic rings. The summed E-state index contributed by atoms with van der Waals surface area (Å²) >= 11 is 6.11. The summed E-state index contributed by atoms with van der Waals surface area (Å²) in [6.45, 7) is 6.31. The molecule has 0 aromatic heterocycles. The molecule has 2 N–H and O–H groups in total. The Morgan fingerprint density at radius 2 is 2.12 bits per heavy atom. The van der Waals surface area contributed by atoms with Crippen molar-refractivity contribution in [1.82, 2.24) is 0 Å². The minimum atomic E-state index is -0.484. The summed E-state index contributed by atoms with van der Waals surface area (Å²) in [5, 5.41) is 6.56. The van der Waals surface area contributed by atoms with Crippen LogP contribution in [-0.4, -0.2) is 24.7 Å². The monoisotopic (exact) mass is 374 g/mol. The van der Waals surface area contributed by atoms with Gasteiger partial charge in [0.2, 0.25) is 5.91 Å². The number of hydrogen-bond acceptors (Lipinski definition) is 4. The third kappa shape index (κ3) is 4.05. The first-order valence-electron chi connectivity index (χ1n) is 8.76. The fourth-order valence-corrected chi connectivity index (χ4v) is 3.11. The molecule has 0 spiro atoms. The van der Waals surface area contributed by atoms with Gasteiger partial charge in [-0.15, -0.1) is 0 Å². The number of hydrogen-bond donors (Lipinski definition) is 2. The van der Waals surface area contributed by atoms with Crippen LogP contribution in [0.2, 0.25) is 5.02 Å². The number of benzene rings is 2. The zero-order valence-electron chi connectivity index (χ0n) is 15.1. The van der Waals surface area contributed by atoms with Crippen LogP contribution in [-0.2, 0) is 11.2 Å². The molecular weight excluding hydrogens is 352 g/mol. The molecule has 2 atom stereocenters. The Balaban J connectivity index is 1.76. The van der Waals surface area contributed by atoms with Crippen LogP contribution < -0.4 is 20.1 Å². The van der Waals surface area contributed by atoms with Crippen molar-refractivity contribution in [2.24, 2.45) is 0 Å². The van der Waals surface area contributed by atoms with Crippen LogP contribution in [0.5, 0.6) is 11.5 Å². The average Bonchev–Trinajstić information content (AvgIpc) is 2.96. The summed E-state index contributed by atoms with van der Waals surface area (Å²) in [6.07, 6.45) is 1.01. The van der Waals surface area contributed by atoms with E-state index in [-0.39, 0.29) is 12.0 Å². The normalized spacial score (nSPS) is 16.4. The first-order chi connectivity index (χ1) is 12.5. The van der Waals surface area contributed by atoms with E-state index in [0.717, 1.165) is 29.2 Å². The van der Waals surface area contributed by atoms with Crippen LogP contribution in [0.25, 0.3) is 0 Å². The summed E-state index contributed by atoms with van der Waals surface area (Å²) < 4.78 is 11.6. The van der Waals surface area contributed by atoms with Crippen molar-refractivity contribution in [2.75, 3.05) is 17.2 Å². The Morgan fingerprint density at radius 1 is 1.35 bits per heavy atom. The third-order valence-electron chi connectivity index (χ3n) is 4.20. The topological polar surface area (TPSA) is 59.6 Å². The first-order valence-corrected chi connectivity index (χ1v) is 9.14. The molecule has 6 heteroatoms. The lowest BCUT2D eigenvalue weighted by Crippen LogP contribution is -2.32. The molecule has 0 fully saturated rings. The van der Waals surface area contributed by atoms with Gasteiger partial charge < -0.3 is 20.1 Å². The number of rotatable bonds is 6. The van der Waals surface area contributed by atoms with Gasteiger partial charge in [0.15, 0.2) is 0 Å². The maximum Gasteiger partial charge on any atom is 0.246 e.